The summed E-state index contributed by atoms with van der Waals surface area (Å²) in [6.07, 6.45) is 1.68. The number of nitrogens with zero attached hydrogens (tertiary/aromatic N) is 3. The molecule has 13 heteroatoms. The van der Waals surface area contributed by atoms with Gasteiger partial charge in [-0.05, 0) is 72.3 Å². The number of primary sulfonamides is 1. The molecule has 1 aliphatic rings. The molecule has 4 N–H and O–H groups in total. The largest absolute Gasteiger partial charge is 0.331 e. The van der Waals surface area contributed by atoms with E-state index in [2.05, 4.69) is 20.7 Å². The number of anilines is 3. The number of aromatic nitrogens is 1. The number of halogens is 2. The van der Waals surface area contributed by atoms with Gasteiger partial charge in [0.05, 0.1) is 4.90 Å². The minimum Gasteiger partial charge on any atom is -0.331 e. The molecule has 0 saturated heterocycles. The van der Waals surface area contributed by atoms with Gasteiger partial charge in [0.15, 0.2) is 16.8 Å². The zero-order chi connectivity index (χ0) is 26.9. The molecule has 0 bridgehead atoms. The number of amides is 1. The van der Waals surface area contributed by atoms with Crippen LogP contribution in [0.15, 0.2) is 93.8 Å². The number of amidine groups is 1. The van der Waals surface area contributed by atoms with Crippen LogP contribution >= 0.6 is 34.5 Å². The number of hydrazine groups is 1. The highest BCUT2D eigenvalue weighted by Crippen LogP contribution is 2.28. The van der Waals surface area contributed by atoms with E-state index in [1.807, 2.05) is 0 Å². The van der Waals surface area contributed by atoms with Crippen molar-refractivity contribution in [3.63, 3.8) is 0 Å². The van der Waals surface area contributed by atoms with E-state index in [-0.39, 0.29) is 16.5 Å². The van der Waals surface area contributed by atoms with E-state index in [4.69, 9.17) is 28.3 Å². The van der Waals surface area contributed by atoms with Crippen LogP contribution in [0.1, 0.15) is 11.1 Å². The van der Waals surface area contributed by atoms with E-state index in [1.165, 1.54) is 28.5 Å². The average molecular weight is 585 g/mol. The molecule has 1 aromatic heterocycles. The molecule has 3 aromatic carbocycles. The summed E-state index contributed by atoms with van der Waals surface area (Å²) < 4.78 is 22.9. The third-order valence-electron chi connectivity index (χ3n) is 5.30. The molecule has 1 aliphatic heterocycles. The Hall–Kier alpha value is -3.74. The summed E-state index contributed by atoms with van der Waals surface area (Å²) in [4.78, 5) is 22.4. The number of aliphatic imine (C=N–C) groups is 1. The van der Waals surface area contributed by atoms with Gasteiger partial charge in [0.1, 0.15) is 5.70 Å². The molecule has 0 aliphatic carbocycles. The summed E-state index contributed by atoms with van der Waals surface area (Å²) >= 11 is 13.3. The van der Waals surface area contributed by atoms with Crippen LogP contribution in [-0.4, -0.2) is 30.2 Å². The van der Waals surface area contributed by atoms with Crippen molar-refractivity contribution in [2.75, 3.05) is 10.7 Å². The van der Waals surface area contributed by atoms with Gasteiger partial charge in [-0.2, -0.15) is 5.01 Å². The minimum absolute atomic E-state index is 0.00793. The van der Waals surface area contributed by atoms with Crippen LogP contribution in [0.5, 0.6) is 0 Å². The molecule has 5 rings (SSSR count). The van der Waals surface area contributed by atoms with E-state index in [0.29, 0.717) is 38.1 Å². The Bertz CT molecular complexity index is 1670. The van der Waals surface area contributed by atoms with Gasteiger partial charge in [0.25, 0.3) is 5.91 Å². The van der Waals surface area contributed by atoms with Crippen molar-refractivity contribution in [2.24, 2.45) is 10.1 Å². The van der Waals surface area contributed by atoms with Crippen molar-refractivity contribution in [1.82, 2.24) is 9.99 Å². The first kappa shape index (κ1) is 25.9. The Morgan fingerprint density at radius 1 is 0.921 bits per heavy atom. The number of nitrogens with one attached hydrogen (secondary N) is 2. The Morgan fingerprint density at radius 3 is 2.18 bits per heavy atom. The fourth-order valence-electron chi connectivity index (χ4n) is 3.48. The van der Waals surface area contributed by atoms with Crippen molar-refractivity contribution in [3.8, 4) is 0 Å². The van der Waals surface area contributed by atoms with Gasteiger partial charge < -0.3 is 5.32 Å². The first-order chi connectivity index (χ1) is 18.2. The molecule has 0 saturated carbocycles. The summed E-state index contributed by atoms with van der Waals surface area (Å²) in [7, 11) is -3.78. The fourth-order valence-corrected chi connectivity index (χ4v) is 4.90. The quantitative estimate of drug-likeness (QED) is 0.246. The number of rotatable bonds is 7. The van der Waals surface area contributed by atoms with Crippen molar-refractivity contribution in [3.05, 3.63) is 105 Å². The lowest BCUT2D eigenvalue weighted by Crippen LogP contribution is -2.38. The Morgan fingerprint density at radius 2 is 1.55 bits per heavy atom. The molecule has 2 heterocycles. The molecule has 9 nitrogen and oxygen atoms in total. The first-order valence-electron chi connectivity index (χ1n) is 10.9. The second-order valence-electron chi connectivity index (χ2n) is 8.01. The lowest BCUT2D eigenvalue weighted by molar-refractivity contribution is -0.121. The van der Waals surface area contributed by atoms with E-state index in [1.54, 1.807) is 72.1 Å². The predicted molar refractivity (Wildman–Crippen MR) is 151 cm³/mol. The van der Waals surface area contributed by atoms with Crippen LogP contribution in [0.4, 0.5) is 16.6 Å². The SMILES string of the molecule is NS(=O)(=O)c1ccc(Nc2nc(NN3C(=O)/C(=C/c4ccc(Cl)cc4)N=C3c3ccc(Cl)cc3)cs2)cc1. The molecule has 0 radical (unpaired) electrons. The van der Waals surface area contributed by atoms with Gasteiger partial charge in [-0.25, -0.2) is 23.5 Å². The lowest BCUT2D eigenvalue weighted by Gasteiger charge is -2.18. The maximum atomic E-state index is 13.4. The molecule has 0 unspecified atom stereocenters. The number of hydrogen-bond donors (Lipinski definition) is 3. The maximum absolute atomic E-state index is 13.4. The average Bonchev–Trinajstić information content (AvgIpc) is 3.45. The summed E-state index contributed by atoms with van der Waals surface area (Å²) in [5.74, 6) is 0.417. The number of thiazole rings is 1. The normalized spacial score (nSPS) is 14.6. The molecule has 0 spiro atoms. The summed E-state index contributed by atoms with van der Waals surface area (Å²) in [5.41, 5.74) is 5.33. The number of hydrogen-bond acceptors (Lipinski definition) is 8. The first-order valence-corrected chi connectivity index (χ1v) is 14.1. The van der Waals surface area contributed by atoms with Gasteiger partial charge in [-0.3, -0.25) is 10.2 Å². The Labute approximate surface area is 232 Å². The van der Waals surface area contributed by atoms with Gasteiger partial charge in [0, 0.05) is 26.7 Å². The minimum atomic E-state index is -3.78. The molecule has 38 heavy (non-hydrogen) atoms. The predicted octanol–water partition coefficient (Wildman–Crippen LogP) is 5.50. The van der Waals surface area contributed by atoms with Gasteiger partial charge in [-0.1, -0.05) is 35.3 Å². The number of carbonyl (C=O) groups is 1. The van der Waals surface area contributed by atoms with Gasteiger partial charge in [-0.15, -0.1) is 11.3 Å². The van der Waals surface area contributed by atoms with Crippen molar-refractivity contribution >= 4 is 79.0 Å². The fraction of sp³-hybridized carbons (Fsp3) is 0. The zero-order valence-corrected chi connectivity index (χ0v) is 22.4. The van der Waals surface area contributed by atoms with Crippen molar-refractivity contribution in [2.45, 2.75) is 4.90 Å². The topological polar surface area (TPSA) is 130 Å². The molecule has 1 amide bonds. The standard InChI is InChI=1S/C25H18Cl2N6O3S2/c26-17-5-1-15(2-6-17)13-21-24(34)33(23(30-21)16-3-7-18(27)8-4-16)32-22-14-37-25(31-22)29-19-9-11-20(12-10-19)38(28,35)36/h1-14,32H,(H,29,31)(H2,28,35,36)/b21-13-. The zero-order valence-electron chi connectivity index (χ0n) is 19.3. The molecule has 192 valence electrons. The highest BCUT2D eigenvalue weighted by Gasteiger charge is 2.32. The summed E-state index contributed by atoms with van der Waals surface area (Å²) in [5, 5.41) is 13.0. The van der Waals surface area contributed by atoms with Crippen LogP contribution in [0, 0.1) is 0 Å². The number of nitrogens with two attached hydrogens (primary N) is 1. The van der Waals surface area contributed by atoms with Gasteiger partial charge in [0.2, 0.25) is 10.0 Å². The Balaban J connectivity index is 1.39. The number of benzene rings is 3. The molecule has 4 aromatic rings. The smallest absolute Gasteiger partial charge is 0.297 e. The second-order valence-corrected chi connectivity index (χ2v) is 11.3. The molecule has 0 fully saturated rings. The van der Waals surface area contributed by atoms with Crippen molar-refractivity contribution < 1.29 is 13.2 Å². The van der Waals surface area contributed by atoms with Crippen LogP contribution < -0.4 is 15.9 Å². The second kappa shape index (κ2) is 10.6. The number of carbonyl (C=O) groups excluding carboxylic acids is 1. The van der Waals surface area contributed by atoms with Crippen molar-refractivity contribution in [1.29, 1.82) is 0 Å². The van der Waals surface area contributed by atoms with Crippen LogP contribution in [0.25, 0.3) is 6.08 Å². The summed E-state index contributed by atoms with van der Waals surface area (Å²) in [6.45, 7) is 0. The highest BCUT2D eigenvalue weighted by molar-refractivity contribution is 7.89. The molecule has 0 atom stereocenters. The van der Waals surface area contributed by atoms with Crippen LogP contribution in [0.2, 0.25) is 10.0 Å². The molecular weight excluding hydrogens is 567 g/mol. The Kier molecular flexibility index (Phi) is 7.19. The monoisotopic (exact) mass is 584 g/mol. The maximum Gasteiger partial charge on any atom is 0.297 e. The van der Waals surface area contributed by atoms with Crippen LogP contribution in [0.3, 0.4) is 0 Å². The van der Waals surface area contributed by atoms with Gasteiger partial charge >= 0.3 is 0 Å². The highest BCUT2D eigenvalue weighted by atomic mass is 35.5. The lowest BCUT2D eigenvalue weighted by atomic mass is 10.2. The van der Waals surface area contributed by atoms with E-state index in [9.17, 15) is 13.2 Å². The van der Waals surface area contributed by atoms with Crippen LogP contribution in [-0.2, 0) is 14.8 Å². The van der Waals surface area contributed by atoms with E-state index < -0.39 is 10.0 Å². The number of sulfonamides is 1. The summed E-state index contributed by atoms with van der Waals surface area (Å²) in [6, 6.07) is 20.0. The third-order valence-corrected chi connectivity index (χ3v) is 7.49. The van der Waals surface area contributed by atoms with E-state index in [0.717, 1.165) is 5.56 Å². The molecular formula is C25H18Cl2N6O3S2. The van der Waals surface area contributed by atoms with E-state index >= 15 is 0 Å². The third kappa shape index (κ3) is 5.87.